The van der Waals surface area contributed by atoms with Crippen molar-refractivity contribution < 1.29 is 27.9 Å². The quantitative estimate of drug-likeness (QED) is 0.380. The molecule has 0 unspecified atom stereocenters. The van der Waals surface area contributed by atoms with Gasteiger partial charge in [0.1, 0.15) is 12.4 Å². The van der Waals surface area contributed by atoms with Gasteiger partial charge in [0.15, 0.2) is 0 Å². The van der Waals surface area contributed by atoms with E-state index in [1.165, 1.54) is 24.3 Å². The Balaban J connectivity index is 1.51. The number of nitrogens with one attached hydrogen (secondary N) is 2. The van der Waals surface area contributed by atoms with Gasteiger partial charge in [0.2, 0.25) is 0 Å². The summed E-state index contributed by atoms with van der Waals surface area (Å²) in [7, 11) is 0. The predicted molar refractivity (Wildman–Crippen MR) is 122 cm³/mol. The van der Waals surface area contributed by atoms with E-state index in [1.807, 2.05) is 4.90 Å². The minimum Gasteiger partial charge on any atom is -0.458 e. The molecule has 0 spiro atoms. The second-order valence-corrected chi connectivity index (χ2v) is 7.19. The summed E-state index contributed by atoms with van der Waals surface area (Å²) in [6.07, 6.45) is 1.47. The fraction of sp³-hybridized carbons (Fsp3) is 0.217. The maximum Gasteiger partial charge on any atom is 0.340 e. The number of amides is 1. The summed E-state index contributed by atoms with van der Waals surface area (Å²) in [5.41, 5.74) is 1.41. The van der Waals surface area contributed by atoms with E-state index in [-0.39, 0.29) is 29.8 Å². The van der Waals surface area contributed by atoms with E-state index in [9.17, 15) is 14.0 Å². The fourth-order valence-electron chi connectivity index (χ4n) is 3.30. The summed E-state index contributed by atoms with van der Waals surface area (Å²) in [4.78, 5) is 27.3. The number of esters is 1. The first-order chi connectivity index (χ1) is 16.5. The van der Waals surface area contributed by atoms with Crippen molar-refractivity contribution in [2.24, 2.45) is 0 Å². The van der Waals surface area contributed by atoms with E-state index in [0.29, 0.717) is 37.7 Å². The van der Waals surface area contributed by atoms with E-state index < -0.39 is 17.7 Å². The molecule has 0 bridgehead atoms. The van der Waals surface area contributed by atoms with Crippen LogP contribution in [0.3, 0.4) is 0 Å². The molecule has 0 atom stereocenters. The first-order valence-corrected chi connectivity index (χ1v) is 10.5. The molecule has 1 aliphatic rings. The Bertz CT molecular complexity index is 1190. The summed E-state index contributed by atoms with van der Waals surface area (Å²) >= 11 is 0. The van der Waals surface area contributed by atoms with E-state index in [1.54, 1.807) is 24.3 Å². The molecule has 176 valence electrons. The smallest absolute Gasteiger partial charge is 0.340 e. The highest BCUT2D eigenvalue weighted by molar-refractivity contribution is 6.03. The van der Waals surface area contributed by atoms with Crippen LogP contribution in [0, 0.1) is 5.82 Å². The maximum absolute atomic E-state index is 13.8. The Labute approximate surface area is 194 Å². The van der Waals surface area contributed by atoms with Crippen LogP contribution in [-0.4, -0.2) is 55.0 Å². The standard InChI is InChI=1S/C23H22FN5O5/c1-2-11-33-22(31)16-14-15(7-8-19(16)29-9-12-32-13-10-29)25-20(30)21-27-28-23(34-21)26-18-6-4-3-5-17(18)24/h2-8,14H,1,9-13H2,(H,25,30)(H,26,28). The highest BCUT2D eigenvalue weighted by atomic mass is 19.1. The number of halogens is 1. The topological polar surface area (TPSA) is 119 Å². The van der Waals surface area contributed by atoms with Crippen LogP contribution in [0.15, 0.2) is 59.5 Å². The highest BCUT2D eigenvalue weighted by Gasteiger charge is 2.22. The van der Waals surface area contributed by atoms with Gasteiger partial charge < -0.3 is 29.4 Å². The molecule has 4 rings (SSSR count). The summed E-state index contributed by atoms with van der Waals surface area (Å²) in [6.45, 7) is 5.93. The largest absolute Gasteiger partial charge is 0.458 e. The number of hydrogen-bond acceptors (Lipinski definition) is 9. The first-order valence-electron chi connectivity index (χ1n) is 10.5. The van der Waals surface area contributed by atoms with Crippen molar-refractivity contribution in [3.8, 4) is 0 Å². The molecule has 1 aliphatic heterocycles. The van der Waals surface area contributed by atoms with Gasteiger partial charge in [-0.3, -0.25) is 4.79 Å². The van der Waals surface area contributed by atoms with Crippen molar-refractivity contribution in [3.63, 3.8) is 0 Å². The average molecular weight is 467 g/mol. The van der Waals surface area contributed by atoms with Crippen molar-refractivity contribution in [1.29, 1.82) is 0 Å². The van der Waals surface area contributed by atoms with Gasteiger partial charge in [0.25, 0.3) is 0 Å². The molecular formula is C23H22FN5O5. The Hall–Kier alpha value is -4.25. The maximum atomic E-state index is 13.8. The summed E-state index contributed by atoms with van der Waals surface area (Å²) in [5, 5.41) is 12.6. The molecule has 3 aromatic rings. The molecule has 0 aliphatic carbocycles. The molecule has 1 fully saturated rings. The Morgan fingerprint density at radius 2 is 1.97 bits per heavy atom. The van der Waals surface area contributed by atoms with Crippen LogP contribution in [0.1, 0.15) is 21.0 Å². The van der Waals surface area contributed by atoms with Crippen molar-refractivity contribution in [2.45, 2.75) is 0 Å². The molecule has 1 saturated heterocycles. The fourth-order valence-corrected chi connectivity index (χ4v) is 3.30. The summed E-state index contributed by atoms with van der Waals surface area (Å²) < 4.78 is 29.7. The van der Waals surface area contributed by atoms with Gasteiger partial charge in [0, 0.05) is 18.8 Å². The zero-order valence-electron chi connectivity index (χ0n) is 18.1. The Kier molecular flexibility index (Phi) is 7.13. The van der Waals surface area contributed by atoms with Crippen LogP contribution >= 0.6 is 0 Å². The van der Waals surface area contributed by atoms with E-state index in [0.717, 1.165) is 0 Å². The lowest BCUT2D eigenvalue weighted by Crippen LogP contribution is -2.37. The number of para-hydroxylation sites is 1. The normalized spacial score (nSPS) is 13.3. The van der Waals surface area contributed by atoms with Gasteiger partial charge in [-0.2, -0.15) is 0 Å². The van der Waals surface area contributed by atoms with Gasteiger partial charge in [-0.25, -0.2) is 9.18 Å². The van der Waals surface area contributed by atoms with Crippen LogP contribution in [0.25, 0.3) is 0 Å². The third-order valence-corrected chi connectivity index (χ3v) is 4.89. The van der Waals surface area contributed by atoms with Crippen molar-refractivity contribution >= 4 is 35.0 Å². The average Bonchev–Trinajstić information content (AvgIpc) is 3.33. The molecule has 0 saturated carbocycles. The van der Waals surface area contributed by atoms with Crippen molar-refractivity contribution in [2.75, 3.05) is 48.4 Å². The molecule has 34 heavy (non-hydrogen) atoms. The zero-order chi connectivity index (χ0) is 23.9. The number of rotatable bonds is 8. The van der Waals surface area contributed by atoms with E-state index in [4.69, 9.17) is 13.9 Å². The van der Waals surface area contributed by atoms with Gasteiger partial charge in [0.05, 0.1) is 30.2 Å². The van der Waals surface area contributed by atoms with Crippen LogP contribution in [0.2, 0.25) is 0 Å². The van der Waals surface area contributed by atoms with Gasteiger partial charge in [-0.15, -0.1) is 5.10 Å². The molecule has 2 aromatic carbocycles. The Morgan fingerprint density at radius 3 is 2.74 bits per heavy atom. The summed E-state index contributed by atoms with van der Waals surface area (Å²) in [6, 6.07) is 10.7. The number of anilines is 4. The van der Waals surface area contributed by atoms with Crippen LogP contribution in [0.4, 0.5) is 27.5 Å². The predicted octanol–water partition coefficient (Wildman–Crippen LogP) is 3.38. The number of carbonyl (C=O) groups excluding carboxylic acids is 2. The number of ether oxygens (including phenoxy) is 2. The lowest BCUT2D eigenvalue weighted by molar-refractivity contribution is 0.0549. The van der Waals surface area contributed by atoms with Crippen LogP contribution in [0.5, 0.6) is 0 Å². The second kappa shape index (κ2) is 10.6. The molecule has 1 amide bonds. The molecule has 2 heterocycles. The molecule has 10 nitrogen and oxygen atoms in total. The number of aromatic nitrogens is 2. The first kappa shape index (κ1) is 22.9. The Morgan fingerprint density at radius 1 is 1.18 bits per heavy atom. The van der Waals surface area contributed by atoms with Gasteiger partial charge in [-0.1, -0.05) is 29.9 Å². The third-order valence-electron chi connectivity index (χ3n) is 4.89. The summed E-state index contributed by atoms with van der Waals surface area (Å²) in [5.74, 6) is -2.10. The molecule has 1 aromatic heterocycles. The lowest BCUT2D eigenvalue weighted by atomic mass is 10.1. The lowest BCUT2D eigenvalue weighted by Gasteiger charge is -2.30. The van der Waals surface area contributed by atoms with Crippen molar-refractivity contribution in [3.05, 3.63) is 72.4 Å². The molecule has 11 heteroatoms. The number of morpholine rings is 1. The number of nitrogens with zero attached hydrogens (tertiary/aromatic N) is 3. The number of carbonyl (C=O) groups is 2. The molecular weight excluding hydrogens is 445 g/mol. The third kappa shape index (κ3) is 5.38. The SMILES string of the molecule is C=CCOC(=O)c1cc(NC(=O)c2nnc(Nc3ccccc3F)o2)ccc1N1CCOCC1. The van der Waals surface area contributed by atoms with Crippen LogP contribution < -0.4 is 15.5 Å². The zero-order valence-corrected chi connectivity index (χ0v) is 18.1. The minimum absolute atomic E-state index is 0.0533. The second-order valence-electron chi connectivity index (χ2n) is 7.19. The monoisotopic (exact) mass is 467 g/mol. The molecule has 0 radical (unpaired) electrons. The van der Waals surface area contributed by atoms with Gasteiger partial charge in [-0.05, 0) is 30.3 Å². The van der Waals surface area contributed by atoms with Gasteiger partial charge >= 0.3 is 23.8 Å². The number of benzene rings is 2. The number of hydrogen-bond donors (Lipinski definition) is 2. The van der Waals surface area contributed by atoms with Crippen molar-refractivity contribution in [1.82, 2.24) is 10.2 Å². The van der Waals surface area contributed by atoms with E-state index in [2.05, 4.69) is 27.4 Å². The molecule has 2 N–H and O–H groups in total. The minimum atomic E-state index is -0.696. The van der Waals surface area contributed by atoms with Crippen LogP contribution in [-0.2, 0) is 9.47 Å². The van der Waals surface area contributed by atoms with E-state index >= 15 is 0 Å². The highest BCUT2D eigenvalue weighted by Crippen LogP contribution is 2.27.